The Morgan fingerprint density at radius 1 is 1.36 bits per heavy atom. The van der Waals surface area contributed by atoms with Crippen molar-refractivity contribution in [3.8, 4) is 0 Å². The Morgan fingerprint density at radius 3 is 2.59 bits per heavy atom. The maximum atomic E-state index is 12.1. The Hall–Kier alpha value is -1.64. The molecule has 0 saturated carbocycles. The summed E-state index contributed by atoms with van der Waals surface area (Å²) in [5.74, 6) is -1.20. The Balaban J connectivity index is 3.09. The van der Waals surface area contributed by atoms with Crippen LogP contribution in [0.2, 0.25) is 0 Å². The molecule has 0 saturated heterocycles. The number of nitrogens with one attached hydrogen (secondary N) is 2. The van der Waals surface area contributed by atoms with Crippen LogP contribution in [-0.4, -0.2) is 43.8 Å². The zero-order valence-corrected chi connectivity index (χ0v) is 13.5. The molecule has 1 aromatic carbocycles. The van der Waals surface area contributed by atoms with Crippen molar-refractivity contribution >= 4 is 21.7 Å². The fourth-order valence-electron chi connectivity index (χ4n) is 1.73. The van der Waals surface area contributed by atoms with E-state index in [-0.39, 0.29) is 29.7 Å². The summed E-state index contributed by atoms with van der Waals surface area (Å²) in [5, 5.41) is 21.0. The fourth-order valence-corrected chi connectivity index (χ4v) is 2.83. The SMILES string of the molecule is CC[C@H](C)Nc1ccc(S(=O)(=O)NCCCO)cc1C(=O)O. The standard InChI is InChI=1S/C14H22N2O5S/c1-3-10(2)16-13-6-5-11(9-12(13)14(18)19)22(20,21)15-7-4-8-17/h5-6,9-10,15-17H,3-4,7-8H2,1-2H3,(H,18,19)/t10-/m0/s1. The summed E-state index contributed by atoms with van der Waals surface area (Å²) < 4.78 is 26.4. The molecule has 0 aromatic heterocycles. The number of hydrogen-bond acceptors (Lipinski definition) is 5. The average molecular weight is 330 g/mol. The molecule has 0 radical (unpaired) electrons. The van der Waals surface area contributed by atoms with Crippen molar-refractivity contribution < 1.29 is 23.4 Å². The second-order valence-electron chi connectivity index (χ2n) is 4.94. The maximum absolute atomic E-state index is 12.1. The topological polar surface area (TPSA) is 116 Å². The molecule has 1 aromatic rings. The van der Waals surface area contributed by atoms with Crippen LogP contribution in [0.1, 0.15) is 37.0 Å². The highest BCUT2D eigenvalue weighted by molar-refractivity contribution is 7.89. The van der Waals surface area contributed by atoms with Crippen molar-refractivity contribution in [2.24, 2.45) is 0 Å². The summed E-state index contributed by atoms with van der Waals surface area (Å²) >= 11 is 0. The number of carboxylic acids is 1. The third-order valence-electron chi connectivity index (χ3n) is 3.17. The fraction of sp³-hybridized carbons (Fsp3) is 0.500. The van der Waals surface area contributed by atoms with Gasteiger partial charge in [-0.2, -0.15) is 0 Å². The van der Waals surface area contributed by atoms with Crippen LogP contribution in [0.25, 0.3) is 0 Å². The van der Waals surface area contributed by atoms with Crippen molar-refractivity contribution in [1.29, 1.82) is 0 Å². The lowest BCUT2D eigenvalue weighted by Gasteiger charge is -2.16. The minimum Gasteiger partial charge on any atom is -0.478 e. The van der Waals surface area contributed by atoms with E-state index in [2.05, 4.69) is 10.0 Å². The van der Waals surface area contributed by atoms with E-state index in [1.165, 1.54) is 12.1 Å². The number of carbonyl (C=O) groups is 1. The molecule has 0 aliphatic heterocycles. The second-order valence-corrected chi connectivity index (χ2v) is 6.71. The first-order valence-electron chi connectivity index (χ1n) is 7.06. The van der Waals surface area contributed by atoms with Gasteiger partial charge < -0.3 is 15.5 Å². The molecular weight excluding hydrogens is 308 g/mol. The quantitative estimate of drug-likeness (QED) is 0.507. The summed E-state index contributed by atoms with van der Waals surface area (Å²) in [5.41, 5.74) is 0.293. The third-order valence-corrected chi connectivity index (χ3v) is 4.63. The van der Waals surface area contributed by atoms with Crippen LogP contribution >= 0.6 is 0 Å². The van der Waals surface area contributed by atoms with Crippen LogP contribution < -0.4 is 10.0 Å². The van der Waals surface area contributed by atoms with Gasteiger partial charge >= 0.3 is 5.97 Å². The minimum absolute atomic E-state index is 0.0724. The molecule has 0 unspecified atom stereocenters. The summed E-state index contributed by atoms with van der Waals surface area (Å²) in [4.78, 5) is 11.2. The van der Waals surface area contributed by atoms with Gasteiger partial charge in [-0.05, 0) is 38.0 Å². The van der Waals surface area contributed by atoms with Gasteiger partial charge in [-0.3, -0.25) is 0 Å². The van der Waals surface area contributed by atoms with E-state index in [1.807, 2.05) is 13.8 Å². The molecule has 0 spiro atoms. The number of aromatic carboxylic acids is 1. The van der Waals surface area contributed by atoms with Gasteiger partial charge in [0.2, 0.25) is 10.0 Å². The second kappa shape index (κ2) is 8.11. The van der Waals surface area contributed by atoms with Crippen molar-refractivity contribution in [1.82, 2.24) is 4.72 Å². The smallest absolute Gasteiger partial charge is 0.337 e. The van der Waals surface area contributed by atoms with Crippen LogP contribution in [0.15, 0.2) is 23.1 Å². The Morgan fingerprint density at radius 2 is 2.05 bits per heavy atom. The number of aliphatic hydroxyl groups is 1. The largest absolute Gasteiger partial charge is 0.478 e. The number of anilines is 1. The monoisotopic (exact) mass is 330 g/mol. The van der Waals surface area contributed by atoms with E-state index in [1.54, 1.807) is 0 Å². The van der Waals surface area contributed by atoms with Crippen LogP contribution in [-0.2, 0) is 10.0 Å². The third kappa shape index (κ3) is 4.97. The van der Waals surface area contributed by atoms with Crippen LogP contribution in [0.4, 0.5) is 5.69 Å². The van der Waals surface area contributed by atoms with Crippen LogP contribution in [0.5, 0.6) is 0 Å². The molecule has 0 aliphatic rings. The molecular formula is C14H22N2O5S. The van der Waals surface area contributed by atoms with Gasteiger partial charge in [0.25, 0.3) is 0 Å². The molecule has 0 bridgehead atoms. The highest BCUT2D eigenvalue weighted by atomic mass is 32.2. The number of sulfonamides is 1. The number of rotatable bonds is 9. The lowest BCUT2D eigenvalue weighted by Crippen LogP contribution is -2.26. The van der Waals surface area contributed by atoms with E-state index in [4.69, 9.17) is 5.11 Å². The summed E-state index contributed by atoms with van der Waals surface area (Å²) in [6, 6.07) is 4.02. The molecule has 0 aliphatic carbocycles. The molecule has 8 heteroatoms. The van der Waals surface area contributed by atoms with Crippen molar-refractivity contribution in [2.75, 3.05) is 18.5 Å². The predicted molar refractivity (Wildman–Crippen MR) is 83.7 cm³/mol. The van der Waals surface area contributed by atoms with E-state index in [0.29, 0.717) is 12.1 Å². The van der Waals surface area contributed by atoms with E-state index >= 15 is 0 Å². The van der Waals surface area contributed by atoms with Gasteiger partial charge in [0.15, 0.2) is 0 Å². The summed E-state index contributed by atoms with van der Waals surface area (Å²) in [7, 11) is -3.79. The van der Waals surface area contributed by atoms with Gasteiger partial charge in [0.1, 0.15) is 0 Å². The van der Waals surface area contributed by atoms with Gasteiger partial charge in [-0.1, -0.05) is 6.92 Å². The molecule has 1 atom stereocenters. The number of aliphatic hydroxyl groups excluding tert-OH is 1. The highest BCUT2D eigenvalue weighted by Gasteiger charge is 2.19. The van der Waals surface area contributed by atoms with Gasteiger partial charge in [0, 0.05) is 24.9 Å². The molecule has 4 N–H and O–H groups in total. The Bertz CT molecular complexity index is 616. The van der Waals surface area contributed by atoms with Gasteiger partial charge in [-0.25, -0.2) is 17.9 Å². The normalized spacial score (nSPS) is 12.9. The van der Waals surface area contributed by atoms with Crippen LogP contribution in [0, 0.1) is 0 Å². The van der Waals surface area contributed by atoms with E-state index < -0.39 is 16.0 Å². The Labute approximate surface area is 130 Å². The van der Waals surface area contributed by atoms with E-state index in [0.717, 1.165) is 12.5 Å². The van der Waals surface area contributed by atoms with Crippen molar-refractivity contribution in [3.63, 3.8) is 0 Å². The first kappa shape index (κ1) is 18.4. The first-order chi connectivity index (χ1) is 10.3. The lowest BCUT2D eigenvalue weighted by atomic mass is 10.1. The van der Waals surface area contributed by atoms with Crippen molar-refractivity contribution in [3.05, 3.63) is 23.8 Å². The average Bonchev–Trinajstić information content (AvgIpc) is 2.47. The number of hydrogen-bond donors (Lipinski definition) is 4. The number of benzene rings is 1. The predicted octanol–water partition coefficient (Wildman–Crippen LogP) is 1.26. The van der Waals surface area contributed by atoms with E-state index in [9.17, 15) is 18.3 Å². The number of carboxylic acid groups (broad SMARTS) is 1. The maximum Gasteiger partial charge on any atom is 0.337 e. The van der Waals surface area contributed by atoms with Crippen LogP contribution in [0.3, 0.4) is 0 Å². The van der Waals surface area contributed by atoms with Gasteiger partial charge in [-0.15, -0.1) is 0 Å². The molecule has 124 valence electrons. The lowest BCUT2D eigenvalue weighted by molar-refractivity contribution is 0.0697. The first-order valence-corrected chi connectivity index (χ1v) is 8.54. The molecule has 0 amide bonds. The molecule has 1 rings (SSSR count). The highest BCUT2D eigenvalue weighted by Crippen LogP contribution is 2.22. The molecule has 22 heavy (non-hydrogen) atoms. The minimum atomic E-state index is -3.79. The van der Waals surface area contributed by atoms with Gasteiger partial charge in [0.05, 0.1) is 10.5 Å². The zero-order valence-electron chi connectivity index (χ0n) is 12.7. The summed E-state index contributed by atoms with van der Waals surface area (Å²) in [6.07, 6.45) is 1.10. The molecule has 7 nitrogen and oxygen atoms in total. The summed E-state index contributed by atoms with van der Waals surface area (Å²) in [6.45, 7) is 3.84. The zero-order chi connectivity index (χ0) is 16.8. The molecule has 0 heterocycles. The molecule has 0 fully saturated rings. The Kier molecular flexibility index (Phi) is 6.79. The van der Waals surface area contributed by atoms with Crippen molar-refractivity contribution in [2.45, 2.75) is 37.6 Å².